The second kappa shape index (κ2) is 6.71. The van der Waals surface area contributed by atoms with Gasteiger partial charge in [0.1, 0.15) is 6.54 Å². The van der Waals surface area contributed by atoms with Crippen LogP contribution >= 0.6 is 0 Å². The molecule has 0 unspecified atom stereocenters. The number of aromatic carboxylic acids is 1. The van der Waals surface area contributed by atoms with E-state index in [-0.39, 0.29) is 21.7 Å². The maximum atomic E-state index is 13.0. The van der Waals surface area contributed by atoms with Crippen LogP contribution in [0.3, 0.4) is 0 Å². The van der Waals surface area contributed by atoms with E-state index in [1.165, 1.54) is 37.3 Å². The topological polar surface area (TPSA) is 118 Å². The molecular formula is C16H16N2O5S. The number of para-hydroxylation sites is 1. The van der Waals surface area contributed by atoms with E-state index in [0.717, 1.165) is 4.31 Å². The van der Waals surface area contributed by atoms with Crippen LogP contribution in [0.15, 0.2) is 53.4 Å². The minimum absolute atomic E-state index is 0.0930. The number of carboxylic acid groups (broad SMARTS) is 1. The summed E-state index contributed by atoms with van der Waals surface area (Å²) in [5, 5.41) is 9.17. The minimum Gasteiger partial charge on any atom is -0.478 e. The lowest BCUT2D eigenvalue weighted by atomic mass is 10.1. The van der Waals surface area contributed by atoms with Crippen molar-refractivity contribution in [1.82, 2.24) is 0 Å². The van der Waals surface area contributed by atoms with Crippen LogP contribution in [-0.4, -0.2) is 31.9 Å². The van der Waals surface area contributed by atoms with E-state index >= 15 is 0 Å². The maximum absolute atomic E-state index is 13.0. The molecule has 0 fully saturated rings. The highest BCUT2D eigenvalue weighted by molar-refractivity contribution is 7.93. The van der Waals surface area contributed by atoms with Crippen molar-refractivity contribution in [2.45, 2.75) is 11.8 Å². The summed E-state index contributed by atoms with van der Waals surface area (Å²) in [5.41, 5.74) is 5.41. The molecule has 3 N–H and O–H groups in total. The van der Waals surface area contributed by atoms with E-state index in [1.54, 1.807) is 18.2 Å². The normalized spacial score (nSPS) is 11.0. The van der Waals surface area contributed by atoms with Crippen LogP contribution in [0.25, 0.3) is 0 Å². The van der Waals surface area contributed by atoms with E-state index < -0.39 is 28.4 Å². The van der Waals surface area contributed by atoms with Crippen LogP contribution in [-0.2, 0) is 14.8 Å². The Bertz CT molecular complexity index is 879. The molecule has 24 heavy (non-hydrogen) atoms. The number of primary amides is 1. The number of carbonyl (C=O) groups excluding carboxylic acids is 1. The van der Waals surface area contributed by atoms with Crippen LogP contribution < -0.4 is 10.0 Å². The lowest BCUT2D eigenvalue weighted by Gasteiger charge is -2.24. The summed E-state index contributed by atoms with van der Waals surface area (Å²) in [6.07, 6.45) is 0. The molecule has 0 aliphatic rings. The molecule has 0 radical (unpaired) electrons. The zero-order valence-corrected chi connectivity index (χ0v) is 13.7. The monoisotopic (exact) mass is 348 g/mol. The molecule has 2 rings (SSSR count). The minimum atomic E-state index is -4.17. The lowest BCUT2D eigenvalue weighted by Crippen LogP contribution is -2.39. The van der Waals surface area contributed by atoms with E-state index in [4.69, 9.17) is 5.73 Å². The Morgan fingerprint density at radius 1 is 1.08 bits per heavy atom. The van der Waals surface area contributed by atoms with E-state index in [0.29, 0.717) is 0 Å². The molecule has 0 aliphatic carbocycles. The molecule has 0 atom stereocenters. The molecule has 2 aromatic rings. The third-order valence-electron chi connectivity index (χ3n) is 3.43. The molecule has 8 heteroatoms. The molecule has 1 amide bonds. The number of sulfonamides is 1. The van der Waals surface area contributed by atoms with Crippen molar-refractivity contribution in [3.8, 4) is 0 Å². The van der Waals surface area contributed by atoms with Crippen molar-refractivity contribution in [3.05, 3.63) is 59.7 Å². The van der Waals surface area contributed by atoms with Crippen molar-refractivity contribution in [2.75, 3.05) is 10.8 Å². The second-order valence-corrected chi connectivity index (χ2v) is 6.88. The van der Waals surface area contributed by atoms with Gasteiger partial charge in [-0.1, -0.05) is 24.3 Å². The van der Waals surface area contributed by atoms with Gasteiger partial charge in [0.25, 0.3) is 10.0 Å². The number of benzene rings is 2. The van der Waals surface area contributed by atoms with Gasteiger partial charge >= 0.3 is 5.97 Å². The molecule has 0 spiro atoms. The predicted molar refractivity (Wildman–Crippen MR) is 88.3 cm³/mol. The maximum Gasteiger partial charge on any atom is 0.335 e. The lowest BCUT2D eigenvalue weighted by molar-refractivity contribution is -0.116. The van der Waals surface area contributed by atoms with Crippen LogP contribution in [0.5, 0.6) is 0 Å². The van der Waals surface area contributed by atoms with Crippen LogP contribution in [0, 0.1) is 6.92 Å². The number of anilines is 1. The van der Waals surface area contributed by atoms with E-state index in [2.05, 4.69) is 0 Å². The van der Waals surface area contributed by atoms with Crippen molar-refractivity contribution >= 4 is 27.6 Å². The average molecular weight is 348 g/mol. The molecule has 0 saturated carbocycles. The third kappa shape index (κ3) is 3.38. The first kappa shape index (κ1) is 17.5. The van der Waals surface area contributed by atoms with Gasteiger partial charge in [-0.25, -0.2) is 13.2 Å². The Labute approximate surface area is 139 Å². The summed E-state index contributed by atoms with van der Waals surface area (Å²) >= 11 is 0. The molecule has 7 nitrogen and oxygen atoms in total. The summed E-state index contributed by atoms with van der Waals surface area (Å²) in [7, 11) is -4.17. The molecule has 0 aromatic heterocycles. The van der Waals surface area contributed by atoms with Crippen LogP contribution in [0.4, 0.5) is 5.69 Å². The Morgan fingerprint density at radius 2 is 1.71 bits per heavy atom. The van der Waals surface area contributed by atoms with E-state index in [9.17, 15) is 23.1 Å². The fourth-order valence-electron chi connectivity index (χ4n) is 2.30. The summed E-state index contributed by atoms with van der Waals surface area (Å²) in [4.78, 5) is 22.4. The molecular weight excluding hydrogens is 332 g/mol. The second-order valence-electron chi connectivity index (χ2n) is 5.05. The summed E-state index contributed by atoms with van der Waals surface area (Å²) < 4.78 is 26.8. The van der Waals surface area contributed by atoms with Crippen molar-refractivity contribution in [1.29, 1.82) is 0 Å². The molecule has 2 aromatic carbocycles. The summed E-state index contributed by atoms with van der Waals surface area (Å²) in [6.45, 7) is 0.854. The van der Waals surface area contributed by atoms with Gasteiger partial charge in [0.2, 0.25) is 5.91 Å². The Balaban J connectivity index is 2.63. The van der Waals surface area contributed by atoms with Gasteiger partial charge in [0.05, 0.1) is 16.1 Å². The quantitative estimate of drug-likeness (QED) is 0.817. The zero-order chi connectivity index (χ0) is 17.9. The standard InChI is InChI=1S/C16H16N2O5S/c1-11-13(16(20)21)8-5-9-14(11)24(22,23)18(10-15(17)19)12-6-3-2-4-7-12/h2-9H,10H2,1H3,(H2,17,19)(H,20,21). The van der Waals surface area contributed by atoms with Crippen LogP contribution in [0.2, 0.25) is 0 Å². The molecule has 0 saturated heterocycles. The highest BCUT2D eigenvalue weighted by atomic mass is 32.2. The number of rotatable bonds is 6. The fourth-order valence-corrected chi connectivity index (χ4v) is 3.98. The van der Waals surface area contributed by atoms with E-state index in [1.807, 2.05) is 0 Å². The third-order valence-corrected chi connectivity index (χ3v) is 5.34. The number of hydrogen-bond acceptors (Lipinski definition) is 4. The largest absolute Gasteiger partial charge is 0.478 e. The van der Waals surface area contributed by atoms with Gasteiger partial charge in [-0.05, 0) is 36.8 Å². The predicted octanol–water partition coefficient (Wildman–Crippen LogP) is 1.37. The number of amides is 1. The van der Waals surface area contributed by atoms with Crippen molar-refractivity contribution in [2.24, 2.45) is 5.73 Å². The summed E-state index contributed by atoms with van der Waals surface area (Å²) in [6, 6.07) is 12.0. The first-order chi connectivity index (χ1) is 11.2. The highest BCUT2D eigenvalue weighted by Crippen LogP contribution is 2.27. The number of carboxylic acids is 1. The number of nitrogens with two attached hydrogens (primary N) is 1. The highest BCUT2D eigenvalue weighted by Gasteiger charge is 2.29. The van der Waals surface area contributed by atoms with Crippen molar-refractivity contribution < 1.29 is 23.1 Å². The average Bonchev–Trinajstić information content (AvgIpc) is 2.53. The summed E-state index contributed by atoms with van der Waals surface area (Å²) in [5.74, 6) is -2.06. The molecule has 126 valence electrons. The fraction of sp³-hybridized carbons (Fsp3) is 0.125. The van der Waals surface area contributed by atoms with Gasteiger partial charge in [0, 0.05) is 0 Å². The van der Waals surface area contributed by atoms with Gasteiger partial charge in [-0.15, -0.1) is 0 Å². The first-order valence-electron chi connectivity index (χ1n) is 6.94. The smallest absolute Gasteiger partial charge is 0.335 e. The van der Waals surface area contributed by atoms with Gasteiger partial charge < -0.3 is 10.8 Å². The Morgan fingerprint density at radius 3 is 2.25 bits per heavy atom. The zero-order valence-electron chi connectivity index (χ0n) is 12.8. The van der Waals surface area contributed by atoms with Gasteiger partial charge in [0.15, 0.2) is 0 Å². The first-order valence-corrected chi connectivity index (χ1v) is 8.38. The molecule has 0 heterocycles. The number of nitrogens with zero attached hydrogens (tertiary/aromatic N) is 1. The Kier molecular flexibility index (Phi) is 4.89. The Hall–Kier alpha value is -2.87. The number of carbonyl (C=O) groups is 2. The SMILES string of the molecule is Cc1c(C(=O)O)cccc1S(=O)(=O)N(CC(N)=O)c1ccccc1. The van der Waals surface area contributed by atoms with Gasteiger partial charge in [-0.2, -0.15) is 0 Å². The van der Waals surface area contributed by atoms with Crippen molar-refractivity contribution in [3.63, 3.8) is 0 Å². The molecule has 0 bridgehead atoms. The van der Waals surface area contributed by atoms with Gasteiger partial charge in [-0.3, -0.25) is 9.10 Å². The molecule has 0 aliphatic heterocycles. The number of hydrogen-bond donors (Lipinski definition) is 2. The van der Waals surface area contributed by atoms with Crippen LogP contribution in [0.1, 0.15) is 15.9 Å².